The second-order valence-electron chi connectivity index (χ2n) is 8.99. The first kappa shape index (κ1) is 24.2. The van der Waals surface area contributed by atoms with Crippen LogP contribution in [-0.4, -0.2) is 36.4 Å². The van der Waals surface area contributed by atoms with Crippen molar-refractivity contribution in [2.24, 2.45) is 11.8 Å². The number of esters is 2. The highest BCUT2D eigenvalue weighted by Crippen LogP contribution is 2.59. The highest BCUT2D eigenvalue weighted by Gasteiger charge is 2.81. The Morgan fingerprint density at radius 1 is 0.793 bits per heavy atom. The van der Waals surface area contributed by atoms with Crippen LogP contribution in [0.3, 0.4) is 0 Å². The summed E-state index contributed by atoms with van der Waals surface area (Å²) in [6, 6.07) is 0. The van der Waals surface area contributed by atoms with Crippen LogP contribution in [0.5, 0.6) is 0 Å². The van der Waals surface area contributed by atoms with Crippen molar-refractivity contribution in [1.29, 1.82) is 0 Å². The van der Waals surface area contributed by atoms with Gasteiger partial charge in [-0.1, -0.05) is 66.2 Å². The van der Waals surface area contributed by atoms with Crippen LogP contribution < -0.4 is 0 Å². The van der Waals surface area contributed by atoms with Gasteiger partial charge in [-0.3, -0.25) is 0 Å². The summed E-state index contributed by atoms with van der Waals surface area (Å²) in [6.07, 6.45) is 11.6. The second-order valence-corrected chi connectivity index (χ2v) is 8.99. The van der Waals surface area contributed by atoms with Crippen LogP contribution in [0.4, 0.5) is 0 Å². The number of hydrogen-bond acceptors (Lipinski definition) is 5. The average molecular weight is 411 g/mol. The molecule has 2 rings (SSSR count). The number of fused-ring (bicyclic) bond motifs is 1. The van der Waals surface area contributed by atoms with E-state index in [9.17, 15) is 9.59 Å². The SMILES string of the molecule is CCCCC(CC)COC(=O)C12CCCCC1(C(=O)OCC(CC)CCCC)O2. The first-order valence-corrected chi connectivity index (χ1v) is 12.0. The molecule has 0 bridgehead atoms. The molecule has 0 aromatic carbocycles. The lowest BCUT2D eigenvalue weighted by molar-refractivity contribution is -0.156. The molecule has 1 heterocycles. The number of epoxide rings is 1. The van der Waals surface area contributed by atoms with Crippen molar-refractivity contribution in [3.8, 4) is 0 Å². The van der Waals surface area contributed by atoms with Crippen molar-refractivity contribution in [2.45, 2.75) is 116 Å². The monoisotopic (exact) mass is 410 g/mol. The van der Waals surface area contributed by atoms with Gasteiger partial charge in [-0.05, 0) is 50.4 Å². The van der Waals surface area contributed by atoms with Crippen LogP contribution in [0.1, 0.15) is 105 Å². The van der Waals surface area contributed by atoms with Crippen LogP contribution in [0.15, 0.2) is 0 Å². The zero-order valence-corrected chi connectivity index (χ0v) is 19.1. The third-order valence-corrected chi connectivity index (χ3v) is 6.91. The van der Waals surface area contributed by atoms with E-state index in [0.717, 1.165) is 64.2 Å². The predicted octanol–water partition coefficient (Wildman–Crippen LogP) is 5.59. The van der Waals surface area contributed by atoms with Gasteiger partial charge in [-0.2, -0.15) is 0 Å². The first-order chi connectivity index (χ1) is 14.0. The molecule has 1 saturated heterocycles. The smallest absolute Gasteiger partial charge is 0.342 e. The van der Waals surface area contributed by atoms with Crippen molar-refractivity contribution in [3.05, 3.63) is 0 Å². The lowest BCUT2D eigenvalue weighted by Gasteiger charge is -2.24. The Bertz CT molecular complexity index is 487. The molecule has 1 aliphatic heterocycles. The molecule has 0 aromatic rings. The van der Waals surface area contributed by atoms with Crippen LogP contribution in [0.2, 0.25) is 0 Å². The Labute approximate surface area is 177 Å². The zero-order valence-electron chi connectivity index (χ0n) is 19.1. The first-order valence-electron chi connectivity index (χ1n) is 12.0. The maximum absolute atomic E-state index is 12.9. The fourth-order valence-corrected chi connectivity index (χ4v) is 4.56. The predicted molar refractivity (Wildman–Crippen MR) is 114 cm³/mol. The number of hydrogen-bond donors (Lipinski definition) is 0. The van der Waals surface area contributed by atoms with E-state index >= 15 is 0 Å². The molecule has 0 aromatic heterocycles. The summed E-state index contributed by atoms with van der Waals surface area (Å²) in [7, 11) is 0. The summed E-state index contributed by atoms with van der Waals surface area (Å²) in [5, 5.41) is 0. The quantitative estimate of drug-likeness (QED) is 0.276. The minimum Gasteiger partial charge on any atom is -0.463 e. The van der Waals surface area contributed by atoms with E-state index in [0.29, 0.717) is 37.9 Å². The number of carbonyl (C=O) groups is 2. The zero-order chi connectivity index (χ0) is 21.3. The van der Waals surface area contributed by atoms with Gasteiger partial charge < -0.3 is 14.2 Å². The molecule has 1 saturated carbocycles. The Morgan fingerprint density at radius 3 is 1.55 bits per heavy atom. The number of unbranched alkanes of at least 4 members (excludes halogenated alkanes) is 2. The van der Waals surface area contributed by atoms with Crippen molar-refractivity contribution in [2.75, 3.05) is 13.2 Å². The molecular weight excluding hydrogens is 368 g/mol. The van der Waals surface area contributed by atoms with E-state index in [1.54, 1.807) is 0 Å². The van der Waals surface area contributed by atoms with E-state index in [2.05, 4.69) is 27.7 Å². The van der Waals surface area contributed by atoms with E-state index < -0.39 is 11.2 Å². The van der Waals surface area contributed by atoms with E-state index in [-0.39, 0.29) is 11.9 Å². The van der Waals surface area contributed by atoms with Crippen LogP contribution in [-0.2, 0) is 23.8 Å². The molecule has 168 valence electrons. The molecule has 5 nitrogen and oxygen atoms in total. The lowest BCUT2D eigenvalue weighted by Crippen LogP contribution is -2.44. The maximum Gasteiger partial charge on any atom is 0.342 e. The Hall–Kier alpha value is -1.10. The van der Waals surface area contributed by atoms with Crippen molar-refractivity contribution >= 4 is 11.9 Å². The van der Waals surface area contributed by atoms with Gasteiger partial charge in [0.05, 0.1) is 13.2 Å². The maximum atomic E-state index is 12.9. The number of carbonyl (C=O) groups excluding carboxylic acids is 2. The third-order valence-electron chi connectivity index (χ3n) is 6.91. The van der Waals surface area contributed by atoms with Gasteiger partial charge in [0.15, 0.2) is 0 Å². The number of rotatable bonds is 14. The lowest BCUT2D eigenvalue weighted by atomic mass is 9.79. The summed E-state index contributed by atoms with van der Waals surface area (Å²) >= 11 is 0. The Kier molecular flexibility index (Phi) is 9.45. The molecular formula is C24H42O5. The van der Waals surface area contributed by atoms with E-state index in [1.165, 1.54) is 0 Å². The summed E-state index contributed by atoms with van der Waals surface area (Å²) in [5.41, 5.74) is -2.20. The van der Waals surface area contributed by atoms with Gasteiger partial charge in [0, 0.05) is 0 Å². The van der Waals surface area contributed by atoms with Crippen LogP contribution in [0, 0.1) is 11.8 Å². The number of ether oxygens (including phenoxy) is 3. The molecule has 2 fully saturated rings. The van der Waals surface area contributed by atoms with Crippen LogP contribution >= 0.6 is 0 Å². The summed E-state index contributed by atoms with van der Waals surface area (Å²) in [5.74, 6) is 0.0370. The fourth-order valence-electron chi connectivity index (χ4n) is 4.56. The molecule has 2 aliphatic rings. The van der Waals surface area contributed by atoms with Crippen molar-refractivity contribution < 1.29 is 23.8 Å². The molecule has 1 aliphatic carbocycles. The molecule has 29 heavy (non-hydrogen) atoms. The minimum absolute atomic E-state index is 0.359. The molecule has 0 amide bonds. The van der Waals surface area contributed by atoms with Crippen molar-refractivity contribution in [3.63, 3.8) is 0 Å². The van der Waals surface area contributed by atoms with Crippen LogP contribution in [0.25, 0.3) is 0 Å². The highest BCUT2D eigenvalue weighted by molar-refractivity contribution is 5.98. The Morgan fingerprint density at radius 2 is 1.21 bits per heavy atom. The summed E-state index contributed by atoms with van der Waals surface area (Å²) in [6.45, 7) is 9.43. The second kappa shape index (κ2) is 11.3. The average Bonchev–Trinajstić information content (AvgIpc) is 3.46. The topological polar surface area (TPSA) is 65.1 Å². The molecule has 0 radical (unpaired) electrons. The summed E-state index contributed by atoms with van der Waals surface area (Å²) in [4.78, 5) is 25.9. The normalized spacial score (nSPS) is 27.6. The van der Waals surface area contributed by atoms with Gasteiger partial charge in [0.1, 0.15) is 0 Å². The van der Waals surface area contributed by atoms with E-state index in [4.69, 9.17) is 14.2 Å². The highest BCUT2D eigenvalue weighted by atomic mass is 16.7. The largest absolute Gasteiger partial charge is 0.463 e. The summed E-state index contributed by atoms with van der Waals surface area (Å²) < 4.78 is 17.3. The Balaban J connectivity index is 1.93. The molecule has 0 spiro atoms. The minimum atomic E-state index is -1.10. The van der Waals surface area contributed by atoms with Gasteiger partial charge in [0.25, 0.3) is 0 Å². The molecule has 4 atom stereocenters. The molecule has 0 N–H and O–H groups in total. The fraction of sp³-hybridized carbons (Fsp3) is 0.917. The van der Waals surface area contributed by atoms with Crippen molar-refractivity contribution in [1.82, 2.24) is 0 Å². The molecule has 4 unspecified atom stereocenters. The van der Waals surface area contributed by atoms with Gasteiger partial charge >= 0.3 is 11.9 Å². The van der Waals surface area contributed by atoms with Gasteiger partial charge in [-0.25, -0.2) is 9.59 Å². The molecule has 5 heteroatoms. The standard InChI is InChI=1S/C24H42O5/c1-5-9-13-19(7-3)17-27-21(25)23-15-11-12-16-24(23,29-23)22(26)28-18-20(8-4)14-10-6-2/h19-20H,5-18H2,1-4H3. The van der Waals surface area contributed by atoms with E-state index in [1.807, 2.05) is 0 Å². The third kappa shape index (κ3) is 5.53. The van der Waals surface area contributed by atoms with Gasteiger partial charge in [0.2, 0.25) is 11.2 Å². The van der Waals surface area contributed by atoms with Gasteiger partial charge in [-0.15, -0.1) is 0 Å².